The smallest absolute Gasteiger partial charge is 0.235 e. The Hall–Kier alpha value is -0.730. The summed E-state index contributed by atoms with van der Waals surface area (Å²) >= 11 is 7.44. The first-order valence-electron chi connectivity index (χ1n) is 5.46. The average molecular weight is 322 g/mol. The summed E-state index contributed by atoms with van der Waals surface area (Å²) in [5.74, 6) is -0.794. The maximum atomic E-state index is 10.6. The lowest BCUT2D eigenvalue weighted by molar-refractivity contribution is -0.679. The van der Waals surface area contributed by atoms with Crippen LogP contribution in [-0.2, 0) is 16.7 Å². The number of nitrogens with zero attached hydrogens (tertiary/aromatic N) is 1. The van der Waals surface area contributed by atoms with Gasteiger partial charge in [0.25, 0.3) is 0 Å². The number of hydrogen-bond acceptors (Lipinski definition) is 5. The van der Waals surface area contributed by atoms with Gasteiger partial charge in [-0.15, -0.1) is 0 Å². The van der Waals surface area contributed by atoms with Crippen LogP contribution < -0.4 is 4.57 Å². The van der Waals surface area contributed by atoms with Gasteiger partial charge in [0.2, 0.25) is 10.5 Å². The molecule has 2 aromatic rings. The van der Waals surface area contributed by atoms with Crippen LogP contribution in [0.4, 0.5) is 0 Å². The summed E-state index contributed by atoms with van der Waals surface area (Å²) < 4.78 is 34.6. The van der Waals surface area contributed by atoms with Crippen LogP contribution in [0.15, 0.2) is 18.2 Å². The molecule has 0 amide bonds. The molecule has 0 saturated heterocycles. The van der Waals surface area contributed by atoms with Gasteiger partial charge in [0, 0.05) is 18.0 Å². The van der Waals surface area contributed by atoms with E-state index in [4.69, 9.17) is 11.6 Å². The molecular formula is C11H12ClNO4S2. The number of fused-ring (bicyclic) bond motifs is 1. The summed E-state index contributed by atoms with van der Waals surface area (Å²) in [6.07, 6.45) is -1.23. The molecule has 0 spiro atoms. The number of benzene rings is 1. The second kappa shape index (κ2) is 5.34. The molecule has 1 unspecified atom stereocenters. The third-order valence-corrected chi connectivity index (χ3v) is 4.75. The fourth-order valence-electron chi connectivity index (χ4n) is 1.90. The molecule has 5 nitrogen and oxygen atoms in total. The number of aliphatic hydroxyl groups is 1. The number of halogens is 1. The van der Waals surface area contributed by atoms with Gasteiger partial charge >= 0.3 is 0 Å². The minimum absolute atomic E-state index is 0.0493. The van der Waals surface area contributed by atoms with Crippen molar-refractivity contribution in [2.75, 3.05) is 5.75 Å². The van der Waals surface area contributed by atoms with Crippen LogP contribution in [0.3, 0.4) is 0 Å². The fraction of sp³-hybridized carbons (Fsp3) is 0.364. The SMILES string of the molecule is Cc1sc2ccc(Cl)cc2[n+]1CC(O)CS(=O)(=O)[O-]. The first kappa shape index (κ1) is 14.7. The van der Waals surface area contributed by atoms with Crippen LogP contribution in [0.2, 0.25) is 5.02 Å². The number of hydrogen-bond donors (Lipinski definition) is 1. The Kier molecular flexibility index (Phi) is 4.12. The Balaban J connectivity index is 2.34. The fourth-order valence-corrected chi connectivity index (χ4v) is 3.65. The highest BCUT2D eigenvalue weighted by atomic mass is 35.5. The van der Waals surface area contributed by atoms with Gasteiger partial charge < -0.3 is 9.66 Å². The molecule has 104 valence electrons. The van der Waals surface area contributed by atoms with Crippen molar-refractivity contribution < 1.29 is 22.6 Å². The Morgan fingerprint density at radius 3 is 2.84 bits per heavy atom. The summed E-state index contributed by atoms with van der Waals surface area (Å²) in [5.41, 5.74) is 0.817. The molecule has 0 aliphatic heterocycles. The lowest BCUT2D eigenvalue weighted by Gasteiger charge is -2.10. The highest BCUT2D eigenvalue weighted by Crippen LogP contribution is 2.23. The molecule has 0 aliphatic rings. The minimum Gasteiger partial charge on any atom is -0.748 e. The zero-order valence-electron chi connectivity index (χ0n) is 10.0. The molecule has 19 heavy (non-hydrogen) atoms. The van der Waals surface area contributed by atoms with Gasteiger partial charge in [-0.3, -0.25) is 0 Å². The first-order chi connectivity index (χ1) is 8.76. The Morgan fingerprint density at radius 2 is 2.21 bits per heavy atom. The normalized spacial score (nSPS) is 13.9. The molecule has 1 heterocycles. The maximum Gasteiger partial charge on any atom is 0.235 e. The van der Waals surface area contributed by atoms with E-state index in [-0.39, 0.29) is 6.54 Å². The van der Waals surface area contributed by atoms with Crippen molar-refractivity contribution in [2.45, 2.75) is 19.6 Å². The van der Waals surface area contributed by atoms with Gasteiger partial charge in [0.1, 0.15) is 10.8 Å². The van der Waals surface area contributed by atoms with Crippen LogP contribution in [-0.4, -0.2) is 29.9 Å². The molecule has 0 saturated carbocycles. The van der Waals surface area contributed by atoms with Crippen molar-refractivity contribution in [2.24, 2.45) is 0 Å². The van der Waals surface area contributed by atoms with Crippen LogP contribution in [0.5, 0.6) is 0 Å². The molecule has 0 fully saturated rings. The number of rotatable bonds is 4. The molecule has 2 rings (SSSR count). The molecular weight excluding hydrogens is 310 g/mol. The Bertz CT molecular complexity index is 711. The van der Waals surface area contributed by atoms with Gasteiger partial charge in [-0.25, -0.2) is 8.42 Å². The van der Waals surface area contributed by atoms with E-state index in [2.05, 4.69) is 0 Å². The molecule has 0 aliphatic carbocycles. The second-order valence-electron chi connectivity index (χ2n) is 4.22. The van der Waals surface area contributed by atoms with Crippen molar-refractivity contribution in [1.82, 2.24) is 0 Å². The van der Waals surface area contributed by atoms with E-state index >= 15 is 0 Å². The zero-order chi connectivity index (χ0) is 14.2. The van der Waals surface area contributed by atoms with E-state index in [0.717, 1.165) is 15.2 Å². The maximum absolute atomic E-state index is 10.6. The molecule has 1 aromatic heterocycles. The summed E-state index contributed by atoms with van der Waals surface area (Å²) in [6, 6.07) is 5.38. The molecule has 1 N–H and O–H groups in total. The number of thiazole rings is 1. The highest BCUT2D eigenvalue weighted by Gasteiger charge is 2.22. The molecule has 1 aromatic carbocycles. The molecule has 0 bridgehead atoms. The lowest BCUT2D eigenvalue weighted by Crippen LogP contribution is -2.43. The van der Waals surface area contributed by atoms with E-state index in [1.54, 1.807) is 16.7 Å². The number of aromatic nitrogens is 1. The molecule has 1 atom stereocenters. The van der Waals surface area contributed by atoms with Crippen molar-refractivity contribution >= 4 is 43.3 Å². The molecule has 8 heteroatoms. The predicted molar refractivity (Wildman–Crippen MR) is 72.3 cm³/mol. The summed E-state index contributed by atoms with van der Waals surface area (Å²) in [7, 11) is -4.44. The second-order valence-corrected chi connectivity index (χ2v) is 7.34. The van der Waals surface area contributed by atoms with Crippen LogP contribution in [0.1, 0.15) is 5.01 Å². The zero-order valence-corrected chi connectivity index (χ0v) is 12.4. The topological polar surface area (TPSA) is 81.3 Å². The van der Waals surface area contributed by atoms with E-state index < -0.39 is 22.0 Å². The largest absolute Gasteiger partial charge is 0.748 e. The van der Waals surface area contributed by atoms with Gasteiger partial charge in [0.05, 0.1) is 15.9 Å². The van der Waals surface area contributed by atoms with Crippen molar-refractivity contribution in [3.63, 3.8) is 0 Å². The number of aliphatic hydroxyl groups excluding tert-OH is 1. The van der Waals surface area contributed by atoms with Gasteiger partial charge in [-0.1, -0.05) is 22.9 Å². The van der Waals surface area contributed by atoms with E-state index in [0.29, 0.717) is 5.02 Å². The lowest BCUT2D eigenvalue weighted by atomic mass is 10.3. The number of aryl methyl sites for hydroxylation is 1. The third kappa shape index (κ3) is 3.64. The molecule has 0 radical (unpaired) electrons. The summed E-state index contributed by atoms with van der Waals surface area (Å²) in [4.78, 5) is 0. The monoisotopic (exact) mass is 321 g/mol. The van der Waals surface area contributed by atoms with Gasteiger partial charge in [-0.2, -0.15) is 4.57 Å². The van der Waals surface area contributed by atoms with Crippen molar-refractivity contribution in [1.29, 1.82) is 0 Å². The van der Waals surface area contributed by atoms with Gasteiger partial charge in [0.15, 0.2) is 6.54 Å². The van der Waals surface area contributed by atoms with Crippen LogP contribution in [0, 0.1) is 6.92 Å². The van der Waals surface area contributed by atoms with Crippen LogP contribution >= 0.6 is 22.9 Å². The average Bonchev–Trinajstić information content (AvgIpc) is 2.53. The minimum atomic E-state index is -4.44. The predicted octanol–water partition coefficient (Wildman–Crippen LogP) is 1.06. The van der Waals surface area contributed by atoms with E-state index in [1.165, 1.54) is 11.3 Å². The van der Waals surface area contributed by atoms with E-state index in [1.807, 2.05) is 13.0 Å². The summed E-state index contributed by atoms with van der Waals surface area (Å²) in [6.45, 7) is 1.91. The first-order valence-corrected chi connectivity index (χ1v) is 8.23. The Labute approximate surface area is 119 Å². The Morgan fingerprint density at radius 1 is 1.53 bits per heavy atom. The van der Waals surface area contributed by atoms with Crippen molar-refractivity contribution in [3.05, 3.63) is 28.2 Å². The van der Waals surface area contributed by atoms with Crippen LogP contribution in [0.25, 0.3) is 10.2 Å². The van der Waals surface area contributed by atoms with E-state index in [9.17, 15) is 18.1 Å². The van der Waals surface area contributed by atoms with Gasteiger partial charge in [-0.05, 0) is 12.1 Å². The van der Waals surface area contributed by atoms with Crippen molar-refractivity contribution in [3.8, 4) is 0 Å². The third-order valence-electron chi connectivity index (χ3n) is 2.64. The quantitative estimate of drug-likeness (QED) is 0.674. The summed E-state index contributed by atoms with van der Waals surface area (Å²) in [5, 5.41) is 11.1. The highest BCUT2D eigenvalue weighted by molar-refractivity contribution is 7.85. The standard InChI is InChI=1S/C11H12ClNO4S2/c1-7-13(5-9(14)6-19(15,16)17)10-4-8(12)2-3-11(10)18-7/h2-4,9,14H,5-6H2,1H3.